The minimum Gasteiger partial charge on any atom is -0.450 e. The second-order valence-corrected chi connectivity index (χ2v) is 2.71. The van der Waals surface area contributed by atoms with E-state index in [2.05, 4.69) is 6.58 Å². The average molecular weight is 193 g/mol. The van der Waals surface area contributed by atoms with Crippen molar-refractivity contribution >= 4 is 6.16 Å². The van der Waals surface area contributed by atoms with Gasteiger partial charge in [0.25, 0.3) is 0 Å². The maximum absolute atomic E-state index is 8.70. The van der Waals surface area contributed by atoms with Crippen molar-refractivity contribution in [2.75, 3.05) is 6.54 Å². The van der Waals surface area contributed by atoms with E-state index in [1.54, 1.807) is 19.9 Å². The van der Waals surface area contributed by atoms with Gasteiger partial charge in [0.15, 0.2) is 0 Å². The fourth-order valence-corrected chi connectivity index (χ4v) is 0. The molecule has 0 aromatic heterocycles. The van der Waals surface area contributed by atoms with Crippen LogP contribution in [0.2, 0.25) is 0 Å². The van der Waals surface area contributed by atoms with E-state index in [0.29, 0.717) is 6.54 Å². The molecule has 13 heavy (non-hydrogen) atoms. The Hall–Kier alpha value is -1.07. The Bertz CT molecular complexity index is 125. The van der Waals surface area contributed by atoms with Crippen molar-refractivity contribution in [3.8, 4) is 0 Å². The van der Waals surface area contributed by atoms with E-state index in [1.807, 2.05) is 6.92 Å². The zero-order valence-corrected chi connectivity index (χ0v) is 8.32. The Morgan fingerprint density at radius 2 is 1.62 bits per heavy atom. The summed E-state index contributed by atoms with van der Waals surface area (Å²) in [5.41, 5.74) is 4.38. The molecule has 5 heteroatoms. The maximum Gasteiger partial charge on any atom is 0.503 e. The average Bonchev–Trinajstić information content (AvgIpc) is 1.86. The predicted molar refractivity (Wildman–Crippen MR) is 51.9 cm³/mol. The van der Waals surface area contributed by atoms with Gasteiger partial charge >= 0.3 is 6.16 Å². The molecule has 0 spiro atoms. The van der Waals surface area contributed by atoms with Crippen LogP contribution >= 0.6 is 0 Å². The molecule has 0 aliphatic heterocycles. The first-order valence-electron chi connectivity index (χ1n) is 3.62. The normalized spacial score (nSPS) is 8.38. The third kappa shape index (κ3) is 234. The molecule has 5 nitrogen and oxygen atoms in total. The Morgan fingerprint density at radius 3 is 1.62 bits per heavy atom. The van der Waals surface area contributed by atoms with Crippen molar-refractivity contribution in [3.05, 3.63) is 12.7 Å². The van der Waals surface area contributed by atoms with Crippen molar-refractivity contribution < 1.29 is 20.1 Å². The summed E-state index contributed by atoms with van der Waals surface area (Å²) in [4.78, 5) is 8.56. The molecule has 0 saturated carbocycles. The van der Waals surface area contributed by atoms with Crippen LogP contribution in [0.4, 0.5) is 4.79 Å². The van der Waals surface area contributed by atoms with Gasteiger partial charge in [-0.2, -0.15) is 0 Å². The molecule has 0 atom stereocenters. The molecule has 0 bridgehead atoms. The highest BCUT2D eigenvalue weighted by Gasteiger charge is 2.06. The van der Waals surface area contributed by atoms with Crippen LogP contribution < -0.4 is 5.73 Å². The first kappa shape index (κ1) is 17.9. The van der Waals surface area contributed by atoms with E-state index >= 15 is 0 Å². The molecule has 0 aliphatic carbocycles. The smallest absolute Gasteiger partial charge is 0.450 e. The second-order valence-electron chi connectivity index (χ2n) is 2.71. The summed E-state index contributed by atoms with van der Waals surface area (Å²) >= 11 is 0. The number of carbonyl (C=O) groups is 1. The van der Waals surface area contributed by atoms with Gasteiger partial charge in [-0.1, -0.05) is 6.08 Å². The van der Waals surface area contributed by atoms with E-state index in [0.717, 1.165) is 0 Å². The molecule has 80 valence electrons. The van der Waals surface area contributed by atoms with Crippen molar-refractivity contribution in [1.82, 2.24) is 0 Å². The van der Waals surface area contributed by atoms with Crippen LogP contribution in [0.25, 0.3) is 0 Å². The van der Waals surface area contributed by atoms with E-state index in [-0.39, 0.29) is 0 Å². The number of allylic oxidation sites excluding steroid dienone is 1. The van der Waals surface area contributed by atoms with E-state index < -0.39 is 11.8 Å². The lowest BCUT2D eigenvalue weighted by atomic mass is 10.1. The summed E-state index contributed by atoms with van der Waals surface area (Å²) in [7, 11) is 0. The molecule has 0 aromatic rings. The fraction of sp³-hybridized carbons (Fsp3) is 0.625. The van der Waals surface area contributed by atoms with Crippen LogP contribution in [-0.4, -0.2) is 33.6 Å². The largest absolute Gasteiger partial charge is 0.503 e. The van der Waals surface area contributed by atoms with Crippen LogP contribution in [0.15, 0.2) is 12.7 Å². The number of rotatable bonds is 1. The number of aliphatic hydroxyl groups is 1. The molecule has 0 amide bonds. The summed E-state index contributed by atoms with van der Waals surface area (Å²) in [5, 5.41) is 22.6. The van der Waals surface area contributed by atoms with Crippen LogP contribution in [0, 0.1) is 0 Å². The molecule has 0 unspecified atom stereocenters. The van der Waals surface area contributed by atoms with Crippen LogP contribution in [-0.2, 0) is 0 Å². The van der Waals surface area contributed by atoms with E-state index in [9.17, 15) is 0 Å². The second kappa shape index (κ2) is 10.9. The summed E-state index contributed by atoms with van der Waals surface area (Å²) in [6.45, 7) is 8.92. The highest BCUT2D eigenvalue weighted by Crippen LogP contribution is 1.93. The Kier molecular flexibility index (Phi) is 15.0. The topological polar surface area (TPSA) is 104 Å². The number of nitrogens with two attached hydrogens (primary N) is 1. The zero-order chi connectivity index (χ0) is 11.5. The Balaban J connectivity index is -0.000000125. The number of hydrogen-bond acceptors (Lipinski definition) is 3. The molecule has 0 heterocycles. The number of hydrogen-bond donors (Lipinski definition) is 4. The van der Waals surface area contributed by atoms with Crippen molar-refractivity contribution in [3.63, 3.8) is 0 Å². The monoisotopic (exact) mass is 193 g/mol. The van der Waals surface area contributed by atoms with Gasteiger partial charge in [0, 0.05) is 6.54 Å². The molecular formula is C8H19NO4. The summed E-state index contributed by atoms with van der Waals surface area (Å²) in [6, 6.07) is 0. The van der Waals surface area contributed by atoms with Crippen molar-refractivity contribution in [1.29, 1.82) is 0 Å². The summed E-state index contributed by atoms with van der Waals surface area (Å²) in [5.74, 6) is 0. The van der Waals surface area contributed by atoms with Crippen LogP contribution in [0.3, 0.4) is 0 Å². The van der Waals surface area contributed by atoms with Gasteiger partial charge in [0.2, 0.25) is 0 Å². The molecule has 0 aromatic carbocycles. The minimum atomic E-state index is -1.83. The van der Waals surface area contributed by atoms with Crippen LogP contribution in [0.5, 0.6) is 0 Å². The van der Waals surface area contributed by atoms with Crippen molar-refractivity contribution in [2.24, 2.45) is 5.73 Å². The lowest BCUT2D eigenvalue weighted by Crippen LogP contribution is -2.29. The van der Waals surface area contributed by atoms with E-state index in [4.69, 9.17) is 25.8 Å². The SMILES string of the molecule is C=CC.CC(C)(O)CN.O=C(O)O. The first-order valence-corrected chi connectivity index (χ1v) is 3.62. The van der Waals surface area contributed by atoms with Crippen LogP contribution in [0.1, 0.15) is 20.8 Å². The first-order chi connectivity index (χ1) is 5.71. The molecule has 0 radical (unpaired) electrons. The highest BCUT2D eigenvalue weighted by atomic mass is 16.6. The lowest BCUT2D eigenvalue weighted by molar-refractivity contribution is 0.0898. The Morgan fingerprint density at radius 1 is 1.54 bits per heavy atom. The molecule has 0 aliphatic rings. The molecule has 0 fully saturated rings. The highest BCUT2D eigenvalue weighted by molar-refractivity contribution is 5.53. The summed E-state index contributed by atoms with van der Waals surface area (Å²) < 4.78 is 0. The predicted octanol–water partition coefficient (Wildman–Crippen LogP) is 1.13. The quantitative estimate of drug-likeness (QED) is 0.467. The van der Waals surface area contributed by atoms with Gasteiger partial charge in [-0.05, 0) is 20.8 Å². The van der Waals surface area contributed by atoms with Crippen molar-refractivity contribution in [2.45, 2.75) is 26.4 Å². The van der Waals surface area contributed by atoms with Gasteiger partial charge < -0.3 is 21.1 Å². The van der Waals surface area contributed by atoms with Gasteiger partial charge in [-0.25, -0.2) is 4.79 Å². The summed E-state index contributed by atoms with van der Waals surface area (Å²) in [6.07, 6.45) is -0.0833. The molecule has 0 saturated heterocycles. The molecule has 0 rings (SSSR count). The number of carboxylic acid groups (broad SMARTS) is 2. The molecule has 5 N–H and O–H groups in total. The van der Waals surface area contributed by atoms with E-state index in [1.165, 1.54) is 0 Å². The standard InChI is InChI=1S/C4H11NO.C3H6.CH2O3/c1-4(2,6)3-5;1-3-2;2-1(3)4/h6H,3,5H2,1-2H3;3H,1H2,2H3;(H2,2,3,4). The lowest BCUT2D eigenvalue weighted by Gasteiger charge is -2.11. The maximum atomic E-state index is 8.70. The third-order valence-electron chi connectivity index (χ3n) is 0.500. The van der Waals surface area contributed by atoms with Gasteiger partial charge in [0.1, 0.15) is 0 Å². The third-order valence-corrected chi connectivity index (χ3v) is 0.500. The molecular weight excluding hydrogens is 174 g/mol. The van der Waals surface area contributed by atoms with Gasteiger partial charge in [-0.3, -0.25) is 0 Å². The zero-order valence-electron chi connectivity index (χ0n) is 8.32. The van der Waals surface area contributed by atoms with Gasteiger partial charge in [0.05, 0.1) is 5.60 Å². The van der Waals surface area contributed by atoms with Gasteiger partial charge in [-0.15, -0.1) is 6.58 Å². The minimum absolute atomic E-state index is 0.326. The Labute approximate surface area is 78.5 Å². The fourth-order valence-electron chi connectivity index (χ4n) is 0.